The molecule has 0 saturated heterocycles. The molecular weight excluding hydrogens is 381 g/mol. The summed E-state index contributed by atoms with van der Waals surface area (Å²) < 4.78 is 33.3. The van der Waals surface area contributed by atoms with Gasteiger partial charge in [0, 0.05) is 20.4 Å². The molecule has 26 heavy (non-hydrogen) atoms. The van der Waals surface area contributed by atoms with E-state index in [2.05, 4.69) is 4.98 Å². The van der Waals surface area contributed by atoms with Crippen LogP contribution in [-0.2, 0) is 23.1 Å². The number of benzene rings is 1. The number of hydrogen-bond acceptors (Lipinski definition) is 7. The van der Waals surface area contributed by atoms with Crippen LogP contribution in [0.15, 0.2) is 42.6 Å². The molecule has 1 aromatic heterocycles. The number of hydrogen-bond donors (Lipinski definition) is 0. The normalized spacial score (nSPS) is 12.5. The molecule has 2 aromatic rings. The maximum atomic E-state index is 12.7. The summed E-state index contributed by atoms with van der Waals surface area (Å²) in [6, 6.07) is 10.1. The third kappa shape index (κ3) is 5.05. The molecule has 1 atom stereocenters. The Hall–Kier alpha value is -1.92. The number of rotatable bonds is 8. The SMILES string of the molecule is COP(=O)(OC)C(OC(=O)COc1cc(C)ccc1Cl)c1ccccn1. The highest BCUT2D eigenvalue weighted by atomic mass is 35.5. The lowest BCUT2D eigenvalue weighted by molar-refractivity contribution is -0.149. The maximum absolute atomic E-state index is 12.7. The predicted molar refractivity (Wildman–Crippen MR) is 96.4 cm³/mol. The van der Waals surface area contributed by atoms with Crippen LogP contribution in [0.25, 0.3) is 0 Å². The number of nitrogens with zero attached hydrogens (tertiary/aromatic N) is 1. The average molecular weight is 400 g/mol. The average Bonchev–Trinajstić information content (AvgIpc) is 2.67. The molecule has 0 saturated carbocycles. The highest BCUT2D eigenvalue weighted by molar-refractivity contribution is 7.54. The Kier molecular flexibility index (Phi) is 7.17. The van der Waals surface area contributed by atoms with Crippen LogP contribution >= 0.6 is 19.2 Å². The van der Waals surface area contributed by atoms with Crippen molar-refractivity contribution >= 4 is 25.2 Å². The van der Waals surface area contributed by atoms with Crippen LogP contribution in [0.2, 0.25) is 5.02 Å². The highest BCUT2D eigenvalue weighted by Gasteiger charge is 2.40. The molecule has 0 radical (unpaired) electrons. The fourth-order valence-corrected chi connectivity index (χ4v) is 3.52. The van der Waals surface area contributed by atoms with Crippen molar-refractivity contribution in [3.63, 3.8) is 0 Å². The molecule has 0 spiro atoms. The van der Waals surface area contributed by atoms with Gasteiger partial charge in [-0.3, -0.25) is 9.55 Å². The summed E-state index contributed by atoms with van der Waals surface area (Å²) in [4.78, 5) is 16.3. The molecule has 2 rings (SSSR count). The Morgan fingerprint density at radius 2 is 1.96 bits per heavy atom. The number of carbonyl (C=O) groups excluding carboxylic acids is 1. The van der Waals surface area contributed by atoms with E-state index in [1.165, 1.54) is 20.4 Å². The first-order valence-corrected chi connectivity index (χ1v) is 9.59. The summed E-state index contributed by atoms with van der Waals surface area (Å²) in [6.07, 6.45) is 1.48. The van der Waals surface area contributed by atoms with E-state index in [1.807, 2.05) is 13.0 Å². The second-order valence-electron chi connectivity index (χ2n) is 5.22. The van der Waals surface area contributed by atoms with Crippen molar-refractivity contribution in [2.75, 3.05) is 20.8 Å². The number of esters is 1. The van der Waals surface area contributed by atoms with Gasteiger partial charge in [0.25, 0.3) is 0 Å². The lowest BCUT2D eigenvalue weighted by Crippen LogP contribution is -2.20. The van der Waals surface area contributed by atoms with Crippen molar-refractivity contribution in [3.8, 4) is 5.75 Å². The fraction of sp³-hybridized carbons (Fsp3) is 0.294. The number of pyridine rings is 1. The van der Waals surface area contributed by atoms with Gasteiger partial charge in [-0.05, 0) is 36.8 Å². The minimum Gasteiger partial charge on any atom is -0.480 e. The Morgan fingerprint density at radius 3 is 2.58 bits per heavy atom. The van der Waals surface area contributed by atoms with Crippen LogP contribution in [0.3, 0.4) is 0 Å². The van der Waals surface area contributed by atoms with Gasteiger partial charge in [-0.15, -0.1) is 0 Å². The third-order valence-corrected chi connectivity index (χ3v) is 5.69. The number of halogens is 1. The van der Waals surface area contributed by atoms with Crippen LogP contribution < -0.4 is 4.74 Å². The van der Waals surface area contributed by atoms with Crippen molar-refractivity contribution in [1.29, 1.82) is 0 Å². The number of aromatic nitrogens is 1. The standard InChI is InChI=1S/C17H19ClNO6P/c1-12-7-8-13(18)15(10-12)24-11-16(20)25-17(26(21,22-2)23-3)14-6-4-5-9-19-14/h4-10,17H,11H2,1-3H3. The molecule has 0 bridgehead atoms. The van der Waals surface area contributed by atoms with Gasteiger partial charge in [0.2, 0.25) is 5.85 Å². The Labute approximate surface area is 156 Å². The minimum absolute atomic E-state index is 0.237. The largest absolute Gasteiger partial charge is 0.480 e. The van der Waals surface area contributed by atoms with Gasteiger partial charge in [0.05, 0.1) is 10.7 Å². The van der Waals surface area contributed by atoms with E-state index in [4.69, 9.17) is 30.1 Å². The van der Waals surface area contributed by atoms with E-state index in [1.54, 1.807) is 30.3 Å². The van der Waals surface area contributed by atoms with Crippen molar-refractivity contribution in [3.05, 3.63) is 58.9 Å². The molecule has 0 aliphatic rings. The molecule has 1 aromatic carbocycles. The van der Waals surface area contributed by atoms with Gasteiger partial charge < -0.3 is 18.5 Å². The van der Waals surface area contributed by atoms with Crippen LogP contribution in [0, 0.1) is 6.92 Å². The zero-order chi connectivity index (χ0) is 19.2. The zero-order valence-electron chi connectivity index (χ0n) is 14.5. The van der Waals surface area contributed by atoms with Gasteiger partial charge in [0.1, 0.15) is 5.75 Å². The van der Waals surface area contributed by atoms with Crippen molar-refractivity contribution in [2.45, 2.75) is 12.8 Å². The van der Waals surface area contributed by atoms with Gasteiger partial charge in [-0.2, -0.15) is 0 Å². The van der Waals surface area contributed by atoms with Crippen molar-refractivity contribution < 1.29 is 27.9 Å². The van der Waals surface area contributed by atoms with Gasteiger partial charge in [-0.25, -0.2) is 4.79 Å². The summed E-state index contributed by atoms with van der Waals surface area (Å²) in [5, 5.41) is 0.365. The zero-order valence-corrected chi connectivity index (χ0v) is 16.2. The summed E-state index contributed by atoms with van der Waals surface area (Å²) in [5.41, 5.74) is 1.16. The first-order chi connectivity index (χ1) is 12.4. The molecule has 0 N–H and O–H groups in total. The van der Waals surface area contributed by atoms with E-state index >= 15 is 0 Å². The summed E-state index contributed by atoms with van der Waals surface area (Å²) in [7, 11) is -1.36. The summed E-state index contributed by atoms with van der Waals surface area (Å²) in [5.74, 6) is -1.74. The van der Waals surface area contributed by atoms with Crippen molar-refractivity contribution in [1.82, 2.24) is 4.98 Å². The molecule has 0 amide bonds. The molecule has 0 fully saturated rings. The monoisotopic (exact) mass is 399 g/mol. The molecule has 7 nitrogen and oxygen atoms in total. The van der Waals surface area contributed by atoms with E-state index in [0.717, 1.165) is 5.56 Å². The molecule has 1 heterocycles. The first-order valence-electron chi connectivity index (χ1n) is 7.60. The Morgan fingerprint density at radius 1 is 1.23 bits per heavy atom. The van der Waals surface area contributed by atoms with Crippen molar-refractivity contribution in [2.24, 2.45) is 0 Å². The highest BCUT2D eigenvalue weighted by Crippen LogP contribution is 2.60. The maximum Gasteiger partial charge on any atom is 0.376 e. The molecule has 1 unspecified atom stereocenters. The van der Waals surface area contributed by atoms with Gasteiger partial charge in [0.15, 0.2) is 6.61 Å². The number of aryl methyl sites for hydroxylation is 1. The number of ether oxygens (including phenoxy) is 2. The third-order valence-electron chi connectivity index (χ3n) is 3.41. The van der Waals surface area contributed by atoms with Crippen LogP contribution in [0.1, 0.15) is 17.1 Å². The van der Waals surface area contributed by atoms with Crippen LogP contribution in [0.4, 0.5) is 0 Å². The Balaban J connectivity index is 2.14. The van der Waals surface area contributed by atoms with Crippen LogP contribution in [-0.4, -0.2) is 31.8 Å². The molecule has 0 aliphatic carbocycles. The first kappa shape index (κ1) is 20.4. The van der Waals surface area contributed by atoms with E-state index in [-0.39, 0.29) is 5.69 Å². The smallest absolute Gasteiger partial charge is 0.376 e. The van der Waals surface area contributed by atoms with E-state index in [0.29, 0.717) is 10.8 Å². The lowest BCUT2D eigenvalue weighted by atomic mass is 10.2. The van der Waals surface area contributed by atoms with Crippen LogP contribution in [0.5, 0.6) is 5.75 Å². The molecule has 9 heteroatoms. The molecular formula is C17H19ClNO6P. The molecule has 140 valence electrons. The lowest BCUT2D eigenvalue weighted by Gasteiger charge is -2.23. The second kappa shape index (κ2) is 9.14. The topological polar surface area (TPSA) is 84.0 Å². The van der Waals surface area contributed by atoms with E-state index in [9.17, 15) is 9.36 Å². The number of carbonyl (C=O) groups is 1. The minimum atomic E-state index is -3.77. The van der Waals surface area contributed by atoms with E-state index < -0.39 is 26.0 Å². The summed E-state index contributed by atoms with van der Waals surface area (Å²) in [6.45, 7) is 1.44. The molecule has 0 aliphatic heterocycles. The second-order valence-corrected chi connectivity index (χ2v) is 7.91. The quantitative estimate of drug-likeness (QED) is 0.487. The fourth-order valence-electron chi connectivity index (χ4n) is 2.09. The Bertz CT molecular complexity index is 793. The van der Waals surface area contributed by atoms with Gasteiger partial charge in [-0.1, -0.05) is 23.7 Å². The predicted octanol–water partition coefficient (Wildman–Crippen LogP) is 4.15. The van der Waals surface area contributed by atoms with Gasteiger partial charge >= 0.3 is 13.6 Å². The summed E-state index contributed by atoms with van der Waals surface area (Å²) >= 11 is 6.03.